The summed E-state index contributed by atoms with van der Waals surface area (Å²) in [6.07, 6.45) is 7.72. The van der Waals surface area contributed by atoms with Crippen molar-refractivity contribution in [3.63, 3.8) is 0 Å². The highest BCUT2D eigenvalue weighted by atomic mass is 79.9. The van der Waals surface area contributed by atoms with Gasteiger partial charge in [-0.1, -0.05) is 26.2 Å². The number of hydrogen-bond donors (Lipinski definition) is 1. The quantitative estimate of drug-likeness (QED) is 0.443. The Kier molecular flexibility index (Phi) is 12.9. The highest BCUT2D eigenvalue weighted by Gasteiger charge is 2.12. The topological polar surface area (TPSA) is 20.2 Å². The number of unbranched alkanes of at least 4 members (excludes halogenated alkanes) is 4. The standard InChI is InChI=1S/C12H28NO.BrH/c1-4-5-6-7-8-10-13(2,3)11-9-12-14;/h14H,4-12H2,1-3H3;1H/q+1;/p-1. The van der Waals surface area contributed by atoms with Crippen LogP contribution in [0.5, 0.6) is 0 Å². The summed E-state index contributed by atoms with van der Waals surface area (Å²) in [4.78, 5) is 0. The van der Waals surface area contributed by atoms with Gasteiger partial charge in [0.1, 0.15) is 0 Å². The van der Waals surface area contributed by atoms with Gasteiger partial charge in [-0.05, 0) is 12.8 Å². The van der Waals surface area contributed by atoms with Gasteiger partial charge in [-0.3, -0.25) is 0 Å². The van der Waals surface area contributed by atoms with Gasteiger partial charge in [0.15, 0.2) is 0 Å². The molecule has 0 amide bonds. The van der Waals surface area contributed by atoms with Crippen LogP contribution in [0.1, 0.15) is 45.4 Å². The minimum Gasteiger partial charge on any atom is -1.00 e. The van der Waals surface area contributed by atoms with Gasteiger partial charge in [-0.15, -0.1) is 0 Å². The third kappa shape index (κ3) is 12.3. The summed E-state index contributed by atoms with van der Waals surface area (Å²) in [5.41, 5.74) is 0. The number of quaternary nitrogens is 1. The summed E-state index contributed by atoms with van der Waals surface area (Å²) >= 11 is 0. The molecule has 0 aromatic heterocycles. The first-order chi connectivity index (χ1) is 6.62. The molecule has 0 aromatic carbocycles. The zero-order valence-corrected chi connectivity index (χ0v) is 12.2. The van der Waals surface area contributed by atoms with Crippen molar-refractivity contribution in [1.82, 2.24) is 0 Å². The molecule has 1 N–H and O–H groups in total. The molecular formula is C12H28BrNO. The molecular weight excluding hydrogens is 254 g/mol. The van der Waals surface area contributed by atoms with E-state index in [9.17, 15) is 0 Å². The summed E-state index contributed by atoms with van der Waals surface area (Å²) in [6.45, 7) is 4.94. The van der Waals surface area contributed by atoms with Crippen LogP contribution in [0.15, 0.2) is 0 Å². The summed E-state index contributed by atoms with van der Waals surface area (Å²) in [7, 11) is 4.52. The summed E-state index contributed by atoms with van der Waals surface area (Å²) in [6, 6.07) is 0. The highest BCUT2D eigenvalue weighted by molar-refractivity contribution is 4.43. The molecule has 0 aliphatic carbocycles. The van der Waals surface area contributed by atoms with E-state index in [1.165, 1.54) is 38.6 Å². The van der Waals surface area contributed by atoms with E-state index in [-0.39, 0.29) is 17.0 Å². The van der Waals surface area contributed by atoms with Crippen molar-refractivity contribution in [3.8, 4) is 0 Å². The molecule has 0 heterocycles. The van der Waals surface area contributed by atoms with Gasteiger partial charge < -0.3 is 26.6 Å². The molecule has 94 valence electrons. The van der Waals surface area contributed by atoms with E-state index >= 15 is 0 Å². The van der Waals surface area contributed by atoms with Crippen LogP contribution in [0.4, 0.5) is 0 Å². The maximum atomic E-state index is 8.76. The molecule has 3 heteroatoms. The molecule has 0 saturated heterocycles. The van der Waals surface area contributed by atoms with Gasteiger partial charge in [-0.2, -0.15) is 0 Å². The fourth-order valence-corrected chi connectivity index (χ4v) is 1.75. The second-order valence-corrected chi connectivity index (χ2v) is 4.87. The number of aliphatic hydroxyl groups excluding tert-OH is 1. The molecule has 0 aliphatic heterocycles. The highest BCUT2D eigenvalue weighted by Crippen LogP contribution is 2.07. The van der Waals surface area contributed by atoms with Crippen molar-refractivity contribution in [2.75, 3.05) is 33.8 Å². The molecule has 0 radical (unpaired) electrons. The maximum Gasteiger partial charge on any atom is 0.0804 e. The van der Waals surface area contributed by atoms with E-state index in [1.54, 1.807) is 0 Å². The lowest BCUT2D eigenvalue weighted by Gasteiger charge is -2.29. The molecule has 0 aliphatic rings. The van der Waals surface area contributed by atoms with E-state index in [2.05, 4.69) is 21.0 Å². The fourth-order valence-electron chi connectivity index (χ4n) is 1.75. The van der Waals surface area contributed by atoms with Crippen LogP contribution in [-0.4, -0.2) is 43.4 Å². The van der Waals surface area contributed by atoms with Crippen LogP contribution in [0.2, 0.25) is 0 Å². The average molecular weight is 282 g/mol. The largest absolute Gasteiger partial charge is 1.00 e. The third-order valence-corrected chi connectivity index (χ3v) is 2.79. The molecule has 0 fully saturated rings. The van der Waals surface area contributed by atoms with Crippen LogP contribution in [0, 0.1) is 0 Å². The van der Waals surface area contributed by atoms with E-state index < -0.39 is 0 Å². The molecule has 0 rings (SSSR count). The molecule has 0 bridgehead atoms. The molecule has 0 unspecified atom stereocenters. The summed E-state index contributed by atoms with van der Waals surface area (Å²) in [5.74, 6) is 0. The maximum absolute atomic E-state index is 8.76. The van der Waals surface area contributed by atoms with E-state index in [0.29, 0.717) is 6.61 Å². The van der Waals surface area contributed by atoms with Crippen molar-refractivity contribution in [1.29, 1.82) is 0 Å². The lowest BCUT2D eigenvalue weighted by Crippen LogP contribution is -3.00. The Bertz CT molecular complexity index is 129. The van der Waals surface area contributed by atoms with Gasteiger partial charge >= 0.3 is 0 Å². The van der Waals surface area contributed by atoms with Crippen molar-refractivity contribution in [3.05, 3.63) is 0 Å². The van der Waals surface area contributed by atoms with Crippen LogP contribution in [0.3, 0.4) is 0 Å². The van der Waals surface area contributed by atoms with Crippen molar-refractivity contribution in [2.45, 2.75) is 45.4 Å². The van der Waals surface area contributed by atoms with Crippen LogP contribution in [0.25, 0.3) is 0 Å². The SMILES string of the molecule is CCCCCCC[N+](C)(C)CCCO.[Br-]. The number of aliphatic hydroxyl groups is 1. The number of hydrogen-bond acceptors (Lipinski definition) is 1. The Morgan fingerprint density at radius 2 is 1.40 bits per heavy atom. The molecule has 0 spiro atoms. The molecule has 0 aromatic rings. The average Bonchev–Trinajstić information content (AvgIpc) is 2.15. The molecule has 0 saturated carbocycles. The summed E-state index contributed by atoms with van der Waals surface area (Å²) < 4.78 is 1.06. The Labute approximate surface area is 106 Å². The van der Waals surface area contributed by atoms with Gasteiger partial charge in [0.2, 0.25) is 0 Å². The predicted molar refractivity (Wildman–Crippen MR) is 62.3 cm³/mol. The van der Waals surface area contributed by atoms with E-state index in [0.717, 1.165) is 17.4 Å². The lowest BCUT2D eigenvalue weighted by molar-refractivity contribution is -0.890. The Morgan fingerprint density at radius 1 is 0.867 bits per heavy atom. The van der Waals surface area contributed by atoms with Crippen molar-refractivity contribution < 1.29 is 26.6 Å². The second kappa shape index (κ2) is 10.9. The Morgan fingerprint density at radius 3 is 1.93 bits per heavy atom. The molecule has 15 heavy (non-hydrogen) atoms. The summed E-state index contributed by atoms with van der Waals surface area (Å²) in [5, 5.41) is 8.76. The van der Waals surface area contributed by atoms with E-state index in [1.807, 2.05) is 0 Å². The second-order valence-electron chi connectivity index (χ2n) is 4.87. The van der Waals surface area contributed by atoms with E-state index in [4.69, 9.17) is 5.11 Å². The minimum atomic E-state index is 0. The monoisotopic (exact) mass is 281 g/mol. The first-order valence-electron chi connectivity index (χ1n) is 6.05. The predicted octanol–water partition coefficient (Wildman–Crippen LogP) is -0.580. The Balaban J connectivity index is 0. The normalized spacial score (nSPS) is 11.2. The number of halogens is 1. The van der Waals surface area contributed by atoms with Crippen LogP contribution >= 0.6 is 0 Å². The zero-order chi connectivity index (χ0) is 10.9. The lowest BCUT2D eigenvalue weighted by atomic mass is 10.1. The van der Waals surface area contributed by atoms with Gasteiger partial charge in [0, 0.05) is 13.0 Å². The molecule has 2 nitrogen and oxygen atoms in total. The number of nitrogens with zero attached hydrogens (tertiary/aromatic N) is 1. The first-order valence-corrected chi connectivity index (χ1v) is 6.05. The Hall–Kier alpha value is 0.400. The van der Waals surface area contributed by atoms with Crippen molar-refractivity contribution in [2.24, 2.45) is 0 Å². The zero-order valence-electron chi connectivity index (χ0n) is 10.6. The van der Waals surface area contributed by atoms with Gasteiger partial charge in [0.25, 0.3) is 0 Å². The van der Waals surface area contributed by atoms with Gasteiger partial charge in [0.05, 0.1) is 27.2 Å². The van der Waals surface area contributed by atoms with Crippen LogP contribution in [-0.2, 0) is 0 Å². The van der Waals surface area contributed by atoms with Crippen LogP contribution < -0.4 is 17.0 Å². The fraction of sp³-hybridized carbons (Fsp3) is 1.00. The smallest absolute Gasteiger partial charge is 0.0804 e. The first kappa shape index (κ1) is 17.8. The minimum absolute atomic E-state index is 0. The van der Waals surface area contributed by atoms with Gasteiger partial charge in [-0.25, -0.2) is 0 Å². The number of rotatable bonds is 9. The third-order valence-electron chi connectivity index (χ3n) is 2.79. The molecule has 0 atom stereocenters. The van der Waals surface area contributed by atoms with Crippen molar-refractivity contribution >= 4 is 0 Å².